The Morgan fingerprint density at radius 3 is 2.68 bits per heavy atom. The van der Waals surface area contributed by atoms with Crippen LogP contribution in [0.5, 0.6) is 5.75 Å². The lowest BCUT2D eigenvalue weighted by atomic mass is 9.97. The maximum Gasteiger partial charge on any atom is 0.300 e. The third-order valence-corrected chi connectivity index (χ3v) is 5.75. The van der Waals surface area contributed by atoms with Crippen LogP contribution in [0.3, 0.4) is 0 Å². The van der Waals surface area contributed by atoms with Gasteiger partial charge in [0.05, 0.1) is 17.9 Å². The molecule has 1 atom stereocenters. The van der Waals surface area contributed by atoms with E-state index in [1.165, 1.54) is 4.90 Å². The standard InChI is InChI=1S/C25H20N2O4/c1-15-6-2-3-8-19(15)27-22(18-7-4-5-12-26-18)21(24(29)25(27)30)23(28)17-9-10-20-16(14-17)11-13-31-20/h2-10,12,14,22,28H,11,13H2,1H3/b23-21-. The van der Waals surface area contributed by atoms with Crippen molar-refractivity contribution in [1.82, 2.24) is 4.98 Å². The van der Waals surface area contributed by atoms with Crippen LogP contribution in [0.25, 0.3) is 5.76 Å². The number of aromatic nitrogens is 1. The second kappa shape index (κ2) is 7.40. The largest absolute Gasteiger partial charge is 0.507 e. The van der Waals surface area contributed by atoms with Crippen LogP contribution >= 0.6 is 0 Å². The number of amides is 1. The summed E-state index contributed by atoms with van der Waals surface area (Å²) in [5.41, 5.74) is 3.45. The van der Waals surface area contributed by atoms with E-state index in [9.17, 15) is 14.7 Å². The number of benzene rings is 2. The maximum atomic E-state index is 13.2. The Morgan fingerprint density at radius 2 is 1.90 bits per heavy atom. The molecule has 0 aliphatic carbocycles. The molecular weight excluding hydrogens is 392 g/mol. The number of nitrogens with zero attached hydrogens (tertiary/aromatic N) is 2. The van der Waals surface area contributed by atoms with Gasteiger partial charge in [0.2, 0.25) is 0 Å². The zero-order valence-electron chi connectivity index (χ0n) is 16.9. The fraction of sp³-hybridized carbons (Fsp3) is 0.160. The Hall–Kier alpha value is -3.93. The Morgan fingerprint density at radius 1 is 1.10 bits per heavy atom. The van der Waals surface area contributed by atoms with Crippen molar-refractivity contribution in [2.75, 3.05) is 11.5 Å². The smallest absolute Gasteiger partial charge is 0.300 e. The number of carbonyl (C=O) groups is 2. The van der Waals surface area contributed by atoms with Gasteiger partial charge >= 0.3 is 0 Å². The van der Waals surface area contributed by atoms with Crippen LogP contribution < -0.4 is 9.64 Å². The molecule has 0 radical (unpaired) electrons. The first-order valence-corrected chi connectivity index (χ1v) is 10.1. The van der Waals surface area contributed by atoms with Gasteiger partial charge in [-0.3, -0.25) is 19.5 Å². The third kappa shape index (κ3) is 3.08. The van der Waals surface area contributed by atoms with Gasteiger partial charge in [-0.1, -0.05) is 24.3 Å². The number of Topliss-reactive ketones (excluding diaryl/α,β-unsaturated/α-hetero) is 1. The summed E-state index contributed by atoms with van der Waals surface area (Å²) < 4.78 is 5.54. The minimum atomic E-state index is -0.827. The Balaban J connectivity index is 1.72. The topological polar surface area (TPSA) is 79.7 Å². The van der Waals surface area contributed by atoms with Crippen LogP contribution in [0, 0.1) is 6.92 Å². The van der Waals surface area contributed by atoms with Crippen LogP contribution in [0.15, 0.2) is 72.4 Å². The first-order chi connectivity index (χ1) is 15.1. The summed E-state index contributed by atoms with van der Waals surface area (Å²) in [5.74, 6) is -0.845. The van der Waals surface area contributed by atoms with Gasteiger partial charge in [0.25, 0.3) is 11.7 Å². The fourth-order valence-electron chi connectivity index (χ4n) is 4.22. The van der Waals surface area contributed by atoms with E-state index in [0.29, 0.717) is 23.6 Å². The first-order valence-electron chi connectivity index (χ1n) is 10.1. The molecule has 3 heterocycles. The van der Waals surface area contributed by atoms with Crippen LogP contribution in [-0.2, 0) is 16.0 Å². The Kier molecular flexibility index (Phi) is 4.55. The molecule has 2 aliphatic rings. The molecule has 0 spiro atoms. The SMILES string of the molecule is Cc1ccccc1N1C(=O)C(=O)/C(=C(\O)c2ccc3c(c2)CCO3)C1c1ccccn1. The minimum absolute atomic E-state index is 0.0332. The molecule has 1 saturated heterocycles. The average molecular weight is 412 g/mol. The molecule has 1 aromatic heterocycles. The number of aliphatic hydroxyl groups excluding tert-OH is 1. The molecule has 5 rings (SSSR count). The summed E-state index contributed by atoms with van der Waals surface area (Å²) in [5, 5.41) is 11.2. The lowest BCUT2D eigenvalue weighted by Gasteiger charge is -2.26. The van der Waals surface area contributed by atoms with Crippen molar-refractivity contribution >= 4 is 23.1 Å². The molecule has 2 aliphatic heterocycles. The van der Waals surface area contributed by atoms with Crippen LogP contribution in [0.2, 0.25) is 0 Å². The van der Waals surface area contributed by atoms with Gasteiger partial charge in [0.15, 0.2) is 0 Å². The van der Waals surface area contributed by atoms with Crippen molar-refractivity contribution in [2.24, 2.45) is 0 Å². The molecule has 1 N–H and O–H groups in total. The highest BCUT2D eigenvalue weighted by Gasteiger charge is 2.48. The predicted molar refractivity (Wildman–Crippen MR) is 116 cm³/mol. The molecule has 1 unspecified atom stereocenters. The number of carbonyl (C=O) groups excluding carboxylic acids is 2. The summed E-state index contributed by atoms with van der Waals surface area (Å²) in [6.45, 7) is 2.47. The van der Waals surface area contributed by atoms with E-state index in [2.05, 4.69) is 4.98 Å². The van der Waals surface area contributed by atoms with Crippen molar-refractivity contribution in [2.45, 2.75) is 19.4 Å². The normalized spacial score (nSPS) is 19.4. The number of hydrogen-bond donors (Lipinski definition) is 1. The van der Waals surface area contributed by atoms with Gasteiger partial charge in [0, 0.05) is 23.9 Å². The summed E-state index contributed by atoms with van der Waals surface area (Å²) in [6, 6.07) is 17.2. The Bertz CT molecular complexity index is 1230. The molecule has 3 aromatic rings. The number of aliphatic hydroxyl groups is 1. The predicted octanol–water partition coefficient (Wildman–Crippen LogP) is 3.95. The highest BCUT2D eigenvalue weighted by Crippen LogP contribution is 2.42. The Labute approximate surface area is 179 Å². The van der Waals surface area contributed by atoms with Crippen molar-refractivity contribution in [1.29, 1.82) is 0 Å². The van der Waals surface area contributed by atoms with E-state index in [4.69, 9.17) is 4.74 Å². The van der Waals surface area contributed by atoms with E-state index in [0.717, 1.165) is 23.3 Å². The van der Waals surface area contributed by atoms with Crippen molar-refractivity contribution in [3.63, 3.8) is 0 Å². The lowest BCUT2D eigenvalue weighted by Crippen LogP contribution is -2.30. The molecule has 0 bridgehead atoms. The number of fused-ring (bicyclic) bond motifs is 1. The van der Waals surface area contributed by atoms with Crippen molar-refractivity contribution in [3.8, 4) is 5.75 Å². The number of ether oxygens (including phenoxy) is 1. The molecular formula is C25H20N2O4. The lowest BCUT2D eigenvalue weighted by molar-refractivity contribution is -0.132. The monoisotopic (exact) mass is 412 g/mol. The zero-order valence-corrected chi connectivity index (χ0v) is 16.9. The summed E-state index contributed by atoms with van der Waals surface area (Å²) in [7, 11) is 0. The molecule has 1 amide bonds. The van der Waals surface area contributed by atoms with Crippen LogP contribution in [0.4, 0.5) is 5.69 Å². The average Bonchev–Trinajstić information content (AvgIpc) is 3.36. The zero-order chi connectivity index (χ0) is 21.5. The summed E-state index contributed by atoms with van der Waals surface area (Å²) in [6.07, 6.45) is 2.34. The maximum absolute atomic E-state index is 13.2. The van der Waals surface area contributed by atoms with E-state index in [-0.39, 0.29) is 11.3 Å². The van der Waals surface area contributed by atoms with Gasteiger partial charge < -0.3 is 9.84 Å². The first kappa shape index (κ1) is 19.1. The molecule has 6 heteroatoms. The summed E-state index contributed by atoms with van der Waals surface area (Å²) in [4.78, 5) is 32.2. The second-order valence-electron chi connectivity index (χ2n) is 7.63. The van der Waals surface area contributed by atoms with E-state index >= 15 is 0 Å². The second-order valence-corrected chi connectivity index (χ2v) is 7.63. The van der Waals surface area contributed by atoms with Gasteiger partial charge in [0.1, 0.15) is 17.6 Å². The van der Waals surface area contributed by atoms with Crippen molar-refractivity contribution in [3.05, 3.63) is 94.8 Å². The van der Waals surface area contributed by atoms with Gasteiger partial charge in [-0.2, -0.15) is 0 Å². The minimum Gasteiger partial charge on any atom is -0.507 e. The third-order valence-electron chi connectivity index (χ3n) is 5.75. The molecule has 6 nitrogen and oxygen atoms in total. The highest BCUT2D eigenvalue weighted by atomic mass is 16.5. The molecule has 154 valence electrons. The van der Waals surface area contributed by atoms with Crippen LogP contribution in [-0.4, -0.2) is 28.4 Å². The summed E-state index contributed by atoms with van der Waals surface area (Å²) >= 11 is 0. The number of rotatable bonds is 3. The molecule has 2 aromatic carbocycles. The van der Waals surface area contributed by atoms with Gasteiger partial charge in [-0.05, 0) is 54.4 Å². The quantitative estimate of drug-likeness (QED) is 0.400. The van der Waals surface area contributed by atoms with E-state index in [1.807, 2.05) is 31.2 Å². The van der Waals surface area contributed by atoms with E-state index in [1.54, 1.807) is 42.6 Å². The molecule has 1 fully saturated rings. The number of ketones is 1. The van der Waals surface area contributed by atoms with Crippen molar-refractivity contribution < 1.29 is 19.4 Å². The van der Waals surface area contributed by atoms with Crippen LogP contribution in [0.1, 0.15) is 28.4 Å². The number of anilines is 1. The highest BCUT2D eigenvalue weighted by molar-refractivity contribution is 6.51. The number of pyridine rings is 1. The van der Waals surface area contributed by atoms with E-state index < -0.39 is 17.7 Å². The number of aryl methyl sites for hydroxylation is 1. The number of para-hydroxylation sites is 1. The van der Waals surface area contributed by atoms with Gasteiger partial charge in [-0.15, -0.1) is 0 Å². The molecule has 0 saturated carbocycles. The fourth-order valence-corrected chi connectivity index (χ4v) is 4.22. The number of hydrogen-bond acceptors (Lipinski definition) is 5. The van der Waals surface area contributed by atoms with Gasteiger partial charge in [-0.25, -0.2) is 0 Å². The molecule has 31 heavy (non-hydrogen) atoms.